The minimum atomic E-state index is -6.19. The van der Waals surface area contributed by atoms with E-state index < -0.39 is 29.3 Å². The smallest absolute Gasteiger partial charge is 0.435 e. The lowest BCUT2D eigenvalue weighted by molar-refractivity contribution is -0.348. The molecule has 1 N–H and O–H groups in total. The molecule has 8 heteroatoms. The SMILES string of the molecule is Cc1[c]c(O)cc(C(F)(C(F)(F)F)C(F)(F)F)c1. The molecule has 0 unspecified atom stereocenters. The van der Waals surface area contributed by atoms with Crippen LogP contribution in [0.3, 0.4) is 0 Å². The van der Waals surface area contributed by atoms with E-state index in [4.69, 9.17) is 5.11 Å². The van der Waals surface area contributed by atoms with E-state index >= 15 is 0 Å². The van der Waals surface area contributed by atoms with Crippen LogP contribution in [0.4, 0.5) is 30.7 Å². The van der Waals surface area contributed by atoms with E-state index in [1.54, 1.807) is 0 Å². The predicted octanol–water partition coefficient (Wildman–Crippen LogP) is 3.79. The van der Waals surface area contributed by atoms with Gasteiger partial charge in [-0.1, -0.05) is 6.07 Å². The summed E-state index contributed by atoms with van der Waals surface area (Å²) in [4.78, 5) is 0. The highest BCUT2D eigenvalue weighted by Crippen LogP contribution is 2.53. The molecule has 0 atom stereocenters. The molecular formula is C10H6F7O. The molecule has 0 spiro atoms. The molecule has 0 aliphatic heterocycles. The average molecular weight is 275 g/mol. The van der Waals surface area contributed by atoms with Gasteiger partial charge >= 0.3 is 18.0 Å². The van der Waals surface area contributed by atoms with Gasteiger partial charge in [0.1, 0.15) is 5.75 Å². The normalized spacial score (nSPS) is 13.8. The van der Waals surface area contributed by atoms with Crippen molar-refractivity contribution in [3.8, 4) is 5.75 Å². The summed E-state index contributed by atoms with van der Waals surface area (Å²) in [5.41, 5.74) is -7.51. The molecule has 0 aliphatic rings. The molecule has 1 aromatic carbocycles. The number of rotatable bonds is 1. The Morgan fingerprint density at radius 1 is 0.944 bits per heavy atom. The summed E-state index contributed by atoms with van der Waals surface area (Å²) in [5, 5.41) is 8.93. The molecule has 18 heavy (non-hydrogen) atoms. The predicted molar refractivity (Wildman–Crippen MR) is 46.6 cm³/mol. The molecule has 0 fully saturated rings. The highest BCUT2D eigenvalue weighted by molar-refractivity contribution is 5.37. The van der Waals surface area contributed by atoms with Crippen molar-refractivity contribution in [2.75, 3.05) is 0 Å². The lowest BCUT2D eigenvalue weighted by Crippen LogP contribution is -2.50. The van der Waals surface area contributed by atoms with E-state index in [0.717, 1.165) is 6.92 Å². The second-order valence-electron chi connectivity index (χ2n) is 3.59. The third-order valence-corrected chi connectivity index (χ3v) is 2.17. The fourth-order valence-electron chi connectivity index (χ4n) is 1.38. The van der Waals surface area contributed by atoms with Gasteiger partial charge < -0.3 is 5.11 Å². The zero-order valence-corrected chi connectivity index (χ0v) is 8.75. The molecule has 0 aromatic heterocycles. The van der Waals surface area contributed by atoms with Gasteiger partial charge in [0.25, 0.3) is 0 Å². The summed E-state index contributed by atoms with van der Waals surface area (Å²) < 4.78 is 87.7. The minimum Gasteiger partial charge on any atom is -0.507 e. The Hall–Kier alpha value is -1.47. The highest BCUT2D eigenvalue weighted by atomic mass is 19.4. The number of aryl methyl sites for hydroxylation is 1. The molecule has 1 radical (unpaired) electrons. The lowest BCUT2D eigenvalue weighted by atomic mass is 9.92. The second-order valence-corrected chi connectivity index (χ2v) is 3.59. The molecule has 1 rings (SSSR count). The maximum Gasteiger partial charge on any atom is 0.435 e. The number of aromatic hydroxyl groups is 1. The largest absolute Gasteiger partial charge is 0.507 e. The summed E-state index contributed by atoms with van der Waals surface area (Å²) in [6, 6.07) is 2.42. The van der Waals surface area contributed by atoms with E-state index in [-0.39, 0.29) is 11.6 Å². The monoisotopic (exact) mass is 275 g/mol. The first-order chi connectivity index (χ1) is 7.89. The van der Waals surface area contributed by atoms with Crippen molar-refractivity contribution in [2.24, 2.45) is 0 Å². The van der Waals surface area contributed by atoms with Crippen LogP contribution in [0, 0.1) is 13.0 Å². The van der Waals surface area contributed by atoms with Crippen LogP contribution in [-0.4, -0.2) is 17.5 Å². The molecule has 1 aromatic rings. The summed E-state index contributed by atoms with van der Waals surface area (Å²) in [7, 11) is 0. The number of halogens is 7. The van der Waals surface area contributed by atoms with Crippen LogP contribution in [0.5, 0.6) is 5.75 Å². The molecule has 0 bridgehead atoms. The van der Waals surface area contributed by atoms with E-state index in [1.165, 1.54) is 0 Å². The highest BCUT2D eigenvalue weighted by Gasteiger charge is 2.73. The van der Waals surface area contributed by atoms with Crippen LogP contribution in [-0.2, 0) is 5.67 Å². The Bertz CT molecular complexity index is 412. The summed E-state index contributed by atoms with van der Waals surface area (Å²) >= 11 is 0. The third-order valence-electron chi connectivity index (χ3n) is 2.17. The average Bonchev–Trinajstić information content (AvgIpc) is 2.11. The van der Waals surface area contributed by atoms with Crippen molar-refractivity contribution in [2.45, 2.75) is 24.9 Å². The van der Waals surface area contributed by atoms with Crippen molar-refractivity contribution in [1.29, 1.82) is 0 Å². The lowest BCUT2D eigenvalue weighted by Gasteiger charge is -2.30. The molecule has 0 aliphatic carbocycles. The molecule has 0 heterocycles. The first-order valence-electron chi connectivity index (χ1n) is 4.45. The molecule has 0 saturated carbocycles. The van der Waals surface area contributed by atoms with Crippen molar-refractivity contribution < 1.29 is 35.8 Å². The summed E-state index contributed by atoms with van der Waals surface area (Å²) in [5.74, 6) is -1.000. The molecule has 0 amide bonds. The van der Waals surface area contributed by atoms with Crippen molar-refractivity contribution >= 4 is 0 Å². The van der Waals surface area contributed by atoms with Gasteiger partial charge in [-0.15, -0.1) is 0 Å². The quantitative estimate of drug-likeness (QED) is 0.773. The van der Waals surface area contributed by atoms with Gasteiger partial charge in [0.2, 0.25) is 0 Å². The maximum atomic E-state index is 13.5. The zero-order chi connectivity index (χ0) is 14.4. The minimum absolute atomic E-state index is 0.0496. The standard InChI is InChI=1S/C10H6F7O/c1-5-2-6(4-7(18)3-5)8(11,9(12,13)14)10(15,16)17/h2,4,18H,1H3. The number of phenolic OH excluding ortho intramolecular Hbond substituents is 1. The Balaban J connectivity index is 3.55. The Morgan fingerprint density at radius 3 is 1.72 bits per heavy atom. The number of alkyl halides is 7. The van der Waals surface area contributed by atoms with E-state index in [2.05, 4.69) is 0 Å². The second kappa shape index (κ2) is 4.03. The van der Waals surface area contributed by atoms with Gasteiger partial charge in [0, 0.05) is 11.6 Å². The first kappa shape index (κ1) is 14.6. The number of hydrogen-bond donors (Lipinski definition) is 1. The van der Waals surface area contributed by atoms with Gasteiger partial charge in [-0.25, -0.2) is 4.39 Å². The van der Waals surface area contributed by atoms with Crippen LogP contribution >= 0.6 is 0 Å². The van der Waals surface area contributed by atoms with Gasteiger partial charge in [-0.3, -0.25) is 0 Å². The van der Waals surface area contributed by atoms with Crippen LogP contribution < -0.4 is 0 Å². The molecule has 0 saturated heterocycles. The molecule has 101 valence electrons. The fourth-order valence-corrected chi connectivity index (χ4v) is 1.38. The summed E-state index contributed by atoms with van der Waals surface area (Å²) in [6.07, 6.45) is -12.4. The van der Waals surface area contributed by atoms with Gasteiger partial charge in [0.05, 0.1) is 0 Å². The number of benzene rings is 1. The van der Waals surface area contributed by atoms with Crippen molar-refractivity contribution in [3.05, 3.63) is 29.3 Å². The van der Waals surface area contributed by atoms with Gasteiger partial charge in [-0.05, 0) is 18.6 Å². The molecular weight excluding hydrogens is 269 g/mol. The topological polar surface area (TPSA) is 20.2 Å². The molecule has 1 nitrogen and oxygen atoms in total. The fraction of sp³-hybridized carbons (Fsp3) is 0.400. The van der Waals surface area contributed by atoms with Crippen LogP contribution in [0.15, 0.2) is 12.1 Å². The third kappa shape index (κ3) is 2.23. The van der Waals surface area contributed by atoms with E-state index in [0.29, 0.717) is 6.07 Å². The van der Waals surface area contributed by atoms with E-state index in [1.807, 2.05) is 6.07 Å². The number of hydrogen-bond acceptors (Lipinski definition) is 1. The van der Waals surface area contributed by atoms with Crippen LogP contribution in [0.2, 0.25) is 0 Å². The van der Waals surface area contributed by atoms with E-state index in [9.17, 15) is 30.7 Å². The zero-order valence-electron chi connectivity index (χ0n) is 8.75. The maximum absolute atomic E-state index is 13.5. The van der Waals surface area contributed by atoms with Crippen molar-refractivity contribution in [1.82, 2.24) is 0 Å². The Labute approximate surface area is 96.8 Å². The van der Waals surface area contributed by atoms with Crippen molar-refractivity contribution in [3.63, 3.8) is 0 Å². The van der Waals surface area contributed by atoms with Crippen LogP contribution in [0.1, 0.15) is 11.1 Å². The summed E-state index contributed by atoms with van der Waals surface area (Å²) in [6.45, 7) is 1.08. The number of phenols is 1. The first-order valence-corrected chi connectivity index (χ1v) is 4.45. The Morgan fingerprint density at radius 2 is 1.39 bits per heavy atom. The van der Waals surface area contributed by atoms with Gasteiger partial charge in [0.15, 0.2) is 0 Å². The van der Waals surface area contributed by atoms with Crippen LogP contribution in [0.25, 0.3) is 0 Å². The van der Waals surface area contributed by atoms with Gasteiger partial charge in [-0.2, -0.15) is 26.3 Å². The Kier molecular flexibility index (Phi) is 3.27.